The SMILES string of the molecule is N=C(N)NC(=O)c1cn(-c2ccnc3ccccc23)cc1C1CC1. The molecule has 24 heavy (non-hydrogen) atoms. The zero-order valence-corrected chi connectivity index (χ0v) is 13.0. The summed E-state index contributed by atoms with van der Waals surface area (Å²) in [6, 6.07) is 9.85. The first kappa shape index (κ1) is 14.4. The highest BCUT2D eigenvalue weighted by atomic mass is 16.1. The number of para-hydroxylation sites is 1. The van der Waals surface area contributed by atoms with E-state index in [2.05, 4.69) is 10.3 Å². The molecule has 0 spiro atoms. The van der Waals surface area contributed by atoms with E-state index in [0.29, 0.717) is 11.5 Å². The standard InChI is InChI=1S/C18H17N5O/c19-18(20)22-17(24)14-10-23(9-13(14)11-5-6-11)16-7-8-21-15-4-2-1-3-12(15)16/h1-4,7-11H,5-6H2,(H4,19,20,22,24). The Hall–Kier alpha value is -3.15. The number of hydrogen-bond donors (Lipinski definition) is 3. The first-order valence-electron chi connectivity index (χ1n) is 7.85. The second-order valence-electron chi connectivity index (χ2n) is 6.02. The minimum Gasteiger partial charge on any atom is -0.370 e. The van der Waals surface area contributed by atoms with Crippen molar-refractivity contribution in [2.75, 3.05) is 0 Å². The molecule has 4 N–H and O–H groups in total. The summed E-state index contributed by atoms with van der Waals surface area (Å²) in [5.41, 5.74) is 8.77. The lowest BCUT2D eigenvalue weighted by Crippen LogP contribution is -2.35. The number of aromatic nitrogens is 2. The van der Waals surface area contributed by atoms with Gasteiger partial charge in [0, 0.05) is 24.0 Å². The molecule has 1 aliphatic rings. The van der Waals surface area contributed by atoms with Gasteiger partial charge in [0.2, 0.25) is 0 Å². The summed E-state index contributed by atoms with van der Waals surface area (Å²) in [6.07, 6.45) is 7.76. The topological polar surface area (TPSA) is 96.8 Å². The molecule has 1 saturated carbocycles. The predicted octanol–water partition coefficient (Wildman–Crippen LogP) is 2.53. The van der Waals surface area contributed by atoms with Gasteiger partial charge in [-0.25, -0.2) is 0 Å². The second kappa shape index (κ2) is 5.49. The molecule has 0 radical (unpaired) electrons. The summed E-state index contributed by atoms with van der Waals surface area (Å²) in [5, 5.41) is 10.7. The van der Waals surface area contributed by atoms with Crippen molar-refractivity contribution < 1.29 is 4.79 Å². The molecule has 1 amide bonds. The number of benzene rings is 1. The van der Waals surface area contributed by atoms with Crippen molar-refractivity contribution in [3.05, 3.63) is 60.0 Å². The Kier molecular flexibility index (Phi) is 3.30. The van der Waals surface area contributed by atoms with E-state index in [1.807, 2.05) is 47.3 Å². The minimum atomic E-state index is -0.344. The summed E-state index contributed by atoms with van der Waals surface area (Å²) >= 11 is 0. The second-order valence-corrected chi connectivity index (χ2v) is 6.02. The first-order chi connectivity index (χ1) is 11.6. The van der Waals surface area contributed by atoms with Crippen LogP contribution in [0, 0.1) is 5.41 Å². The zero-order valence-electron chi connectivity index (χ0n) is 13.0. The molecule has 6 nitrogen and oxygen atoms in total. The van der Waals surface area contributed by atoms with Gasteiger partial charge in [-0.15, -0.1) is 0 Å². The number of guanidine groups is 1. The van der Waals surface area contributed by atoms with Crippen LogP contribution in [0.1, 0.15) is 34.7 Å². The van der Waals surface area contributed by atoms with E-state index in [1.54, 1.807) is 6.20 Å². The van der Waals surface area contributed by atoms with E-state index in [-0.39, 0.29) is 11.9 Å². The largest absolute Gasteiger partial charge is 0.370 e. The molecular weight excluding hydrogens is 302 g/mol. The molecule has 0 saturated heterocycles. The van der Waals surface area contributed by atoms with Crippen LogP contribution in [0.2, 0.25) is 0 Å². The van der Waals surface area contributed by atoms with Crippen LogP contribution in [-0.4, -0.2) is 21.4 Å². The molecule has 0 bridgehead atoms. The highest BCUT2D eigenvalue weighted by molar-refractivity contribution is 6.05. The van der Waals surface area contributed by atoms with Crippen LogP contribution in [-0.2, 0) is 0 Å². The minimum absolute atomic E-state index is 0.332. The molecule has 3 aromatic rings. The van der Waals surface area contributed by atoms with Gasteiger partial charge in [0.15, 0.2) is 5.96 Å². The molecule has 2 aromatic heterocycles. The van der Waals surface area contributed by atoms with E-state index in [4.69, 9.17) is 11.1 Å². The molecule has 1 aliphatic carbocycles. The fourth-order valence-electron chi connectivity index (χ4n) is 3.01. The Bertz CT molecular complexity index is 950. The number of rotatable bonds is 3. The maximum atomic E-state index is 12.4. The summed E-state index contributed by atoms with van der Waals surface area (Å²) in [4.78, 5) is 16.7. The highest BCUT2D eigenvalue weighted by Gasteiger charge is 2.30. The van der Waals surface area contributed by atoms with Crippen LogP contribution >= 0.6 is 0 Å². The van der Waals surface area contributed by atoms with Crippen LogP contribution in [0.5, 0.6) is 0 Å². The number of pyridine rings is 1. The van der Waals surface area contributed by atoms with Crippen molar-refractivity contribution in [3.63, 3.8) is 0 Å². The summed E-state index contributed by atoms with van der Waals surface area (Å²) in [5.74, 6) is -0.266. The van der Waals surface area contributed by atoms with Crippen molar-refractivity contribution in [3.8, 4) is 5.69 Å². The lowest BCUT2D eigenvalue weighted by atomic mass is 10.1. The van der Waals surface area contributed by atoms with Crippen molar-refractivity contribution in [1.82, 2.24) is 14.9 Å². The Morgan fingerprint density at radius 2 is 2.04 bits per heavy atom. The smallest absolute Gasteiger partial charge is 0.259 e. The number of carbonyl (C=O) groups is 1. The molecule has 0 aliphatic heterocycles. The maximum Gasteiger partial charge on any atom is 0.259 e. The van der Waals surface area contributed by atoms with E-state index in [0.717, 1.165) is 35.0 Å². The van der Waals surface area contributed by atoms with Crippen molar-refractivity contribution >= 4 is 22.8 Å². The summed E-state index contributed by atoms with van der Waals surface area (Å²) in [7, 11) is 0. The Balaban J connectivity index is 1.84. The Morgan fingerprint density at radius 3 is 2.79 bits per heavy atom. The molecule has 0 unspecified atom stereocenters. The fraction of sp³-hybridized carbons (Fsp3) is 0.167. The number of nitrogens with zero attached hydrogens (tertiary/aromatic N) is 2. The Labute approximate surface area is 138 Å². The van der Waals surface area contributed by atoms with Gasteiger partial charge in [-0.05, 0) is 36.5 Å². The van der Waals surface area contributed by atoms with Gasteiger partial charge in [0.1, 0.15) is 0 Å². The van der Waals surface area contributed by atoms with Gasteiger partial charge >= 0.3 is 0 Å². The number of amides is 1. The van der Waals surface area contributed by atoms with Gasteiger partial charge in [-0.3, -0.25) is 20.5 Å². The van der Waals surface area contributed by atoms with Crippen molar-refractivity contribution in [2.45, 2.75) is 18.8 Å². The van der Waals surface area contributed by atoms with Crippen LogP contribution < -0.4 is 11.1 Å². The summed E-state index contributed by atoms with van der Waals surface area (Å²) in [6.45, 7) is 0. The first-order valence-corrected chi connectivity index (χ1v) is 7.85. The number of fused-ring (bicyclic) bond motifs is 1. The third kappa shape index (κ3) is 2.52. The molecule has 1 fully saturated rings. The van der Waals surface area contributed by atoms with Crippen molar-refractivity contribution in [1.29, 1.82) is 5.41 Å². The van der Waals surface area contributed by atoms with Gasteiger partial charge in [-0.2, -0.15) is 0 Å². The third-order valence-corrected chi connectivity index (χ3v) is 4.27. The van der Waals surface area contributed by atoms with Crippen LogP contribution in [0.4, 0.5) is 0 Å². The normalized spacial score (nSPS) is 13.8. The lowest BCUT2D eigenvalue weighted by molar-refractivity contribution is 0.0975. The van der Waals surface area contributed by atoms with Crippen LogP contribution in [0.25, 0.3) is 16.6 Å². The van der Waals surface area contributed by atoms with Crippen molar-refractivity contribution in [2.24, 2.45) is 5.73 Å². The molecule has 0 atom stereocenters. The predicted molar refractivity (Wildman–Crippen MR) is 92.4 cm³/mol. The van der Waals surface area contributed by atoms with Gasteiger partial charge < -0.3 is 10.3 Å². The van der Waals surface area contributed by atoms with Crippen LogP contribution in [0.3, 0.4) is 0 Å². The molecule has 6 heteroatoms. The molecule has 2 heterocycles. The molecule has 120 valence electrons. The number of hydrogen-bond acceptors (Lipinski definition) is 3. The van der Waals surface area contributed by atoms with E-state index in [9.17, 15) is 4.79 Å². The molecule has 1 aromatic carbocycles. The maximum absolute atomic E-state index is 12.4. The molecule has 4 rings (SSSR count). The van der Waals surface area contributed by atoms with Gasteiger partial charge in [0.05, 0.1) is 16.8 Å². The van der Waals surface area contributed by atoms with E-state index >= 15 is 0 Å². The monoisotopic (exact) mass is 319 g/mol. The number of carbonyl (C=O) groups excluding carboxylic acids is 1. The van der Waals surface area contributed by atoms with E-state index < -0.39 is 0 Å². The fourth-order valence-corrected chi connectivity index (χ4v) is 3.01. The third-order valence-electron chi connectivity index (χ3n) is 4.27. The van der Waals surface area contributed by atoms with E-state index in [1.165, 1.54) is 0 Å². The lowest BCUT2D eigenvalue weighted by Gasteiger charge is -2.06. The quantitative estimate of drug-likeness (QED) is 0.511. The average Bonchev–Trinajstić information content (AvgIpc) is 3.32. The Morgan fingerprint density at radius 1 is 1.25 bits per heavy atom. The molecular formula is C18H17N5O. The van der Waals surface area contributed by atoms with Gasteiger partial charge in [0.25, 0.3) is 5.91 Å². The van der Waals surface area contributed by atoms with Gasteiger partial charge in [-0.1, -0.05) is 18.2 Å². The summed E-state index contributed by atoms with van der Waals surface area (Å²) < 4.78 is 1.96. The highest BCUT2D eigenvalue weighted by Crippen LogP contribution is 2.42. The number of nitrogens with one attached hydrogen (secondary N) is 2. The van der Waals surface area contributed by atoms with Crippen LogP contribution in [0.15, 0.2) is 48.9 Å². The average molecular weight is 319 g/mol. The number of nitrogens with two attached hydrogens (primary N) is 1. The zero-order chi connectivity index (χ0) is 16.7.